The summed E-state index contributed by atoms with van der Waals surface area (Å²) in [6.45, 7) is 1.08. The van der Waals surface area contributed by atoms with E-state index >= 15 is 0 Å². The number of hydrogen-bond donors (Lipinski definition) is 1. The van der Waals surface area contributed by atoms with E-state index in [0.717, 1.165) is 0 Å². The lowest BCUT2D eigenvalue weighted by molar-refractivity contribution is -0.226. The zero-order valence-corrected chi connectivity index (χ0v) is 15.4. The molecule has 0 bridgehead atoms. The molecule has 0 unspecified atom stereocenters. The highest BCUT2D eigenvalue weighted by molar-refractivity contribution is 5.90. The van der Waals surface area contributed by atoms with E-state index in [2.05, 4.69) is 5.32 Å². The van der Waals surface area contributed by atoms with Crippen molar-refractivity contribution in [3.05, 3.63) is 12.1 Å². The number of benzene rings is 1. The fourth-order valence-corrected chi connectivity index (χ4v) is 2.90. The van der Waals surface area contributed by atoms with Gasteiger partial charge in [0.25, 0.3) is 0 Å². The van der Waals surface area contributed by atoms with Crippen molar-refractivity contribution in [3.63, 3.8) is 0 Å². The van der Waals surface area contributed by atoms with Crippen molar-refractivity contribution in [2.24, 2.45) is 0 Å². The Balaban J connectivity index is 2.08. The minimum Gasteiger partial charge on any atom is -0.493 e. The van der Waals surface area contributed by atoms with Gasteiger partial charge in [0.1, 0.15) is 0 Å². The molecule has 1 aromatic carbocycles. The maximum atomic E-state index is 12.5. The molecule has 140 valence electrons. The summed E-state index contributed by atoms with van der Waals surface area (Å²) in [6, 6.07) is 3.19. The molecule has 2 amide bonds. The molecule has 25 heavy (non-hydrogen) atoms. The van der Waals surface area contributed by atoms with Gasteiger partial charge in [-0.2, -0.15) is 0 Å². The number of carbonyl (C=O) groups is 1. The van der Waals surface area contributed by atoms with Crippen LogP contribution >= 0.6 is 0 Å². The molecule has 1 aliphatic rings. The maximum absolute atomic E-state index is 12.5. The van der Waals surface area contributed by atoms with Gasteiger partial charge in [-0.25, -0.2) is 4.79 Å². The van der Waals surface area contributed by atoms with Crippen molar-refractivity contribution >= 4 is 11.7 Å². The van der Waals surface area contributed by atoms with Gasteiger partial charge < -0.3 is 33.9 Å². The fourth-order valence-electron chi connectivity index (χ4n) is 2.90. The van der Waals surface area contributed by atoms with Gasteiger partial charge in [-0.3, -0.25) is 0 Å². The Hall–Kier alpha value is -2.19. The largest absolute Gasteiger partial charge is 0.493 e. The molecule has 0 atom stereocenters. The van der Waals surface area contributed by atoms with Crippen molar-refractivity contribution in [2.75, 3.05) is 54.0 Å². The van der Waals surface area contributed by atoms with Gasteiger partial charge >= 0.3 is 6.03 Å². The number of ether oxygens (including phenoxy) is 5. The van der Waals surface area contributed by atoms with Crippen LogP contribution in [0.3, 0.4) is 0 Å². The lowest BCUT2D eigenvalue weighted by Crippen LogP contribution is -2.49. The summed E-state index contributed by atoms with van der Waals surface area (Å²) in [6.07, 6.45) is 1.23. The third-order valence-corrected chi connectivity index (χ3v) is 4.47. The molecular weight excluding hydrogens is 328 g/mol. The average molecular weight is 354 g/mol. The minimum atomic E-state index is -0.608. The molecule has 1 N–H and O–H groups in total. The number of likely N-dealkylation sites (tertiary alicyclic amines) is 1. The number of anilines is 1. The molecule has 1 aliphatic heterocycles. The van der Waals surface area contributed by atoms with Gasteiger partial charge in [0.05, 0.1) is 27.0 Å². The molecule has 1 fully saturated rings. The Kier molecular flexibility index (Phi) is 6.33. The van der Waals surface area contributed by atoms with Gasteiger partial charge in [0.15, 0.2) is 17.3 Å². The Bertz CT molecular complexity index is 568. The van der Waals surface area contributed by atoms with Crippen LogP contribution in [0.25, 0.3) is 0 Å². The van der Waals surface area contributed by atoms with Crippen LogP contribution in [-0.2, 0) is 9.47 Å². The first-order valence-electron chi connectivity index (χ1n) is 7.98. The summed E-state index contributed by atoms with van der Waals surface area (Å²) >= 11 is 0. The van der Waals surface area contributed by atoms with Crippen molar-refractivity contribution in [2.45, 2.75) is 18.6 Å². The van der Waals surface area contributed by atoms with Crippen molar-refractivity contribution in [1.82, 2.24) is 4.90 Å². The van der Waals surface area contributed by atoms with E-state index in [4.69, 9.17) is 23.7 Å². The van der Waals surface area contributed by atoms with Gasteiger partial charge in [-0.1, -0.05) is 0 Å². The Labute approximate surface area is 147 Å². The van der Waals surface area contributed by atoms with E-state index in [1.165, 1.54) is 21.3 Å². The van der Waals surface area contributed by atoms with E-state index in [1.54, 1.807) is 31.3 Å². The molecule has 1 saturated heterocycles. The molecule has 1 heterocycles. The van der Waals surface area contributed by atoms with E-state index in [9.17, 15) is 4.79 Å². The summed E-state index contributed by atoms with van der Waals surface area (Å²) < 4.78 is 26.7. The van der Waals surface area contributed by atoms with Crippen LogP contribution < -0.4 is 19.5 Å². The Morgan fingerprint density at radius 2 is 1.48 bits per heavy atom. The van der Waals surface area contributed by atoms with Crippen LogP contribution in [0.1, 0.15) is 12.8 Å². The van der Waals surface area contributed by atoms with E-state index in [0.29, 0.717) is 48.9 Å². The molecule has 0 radical (unpaired) electrons. The van der Waals surface area contributed by atoms with Gasteiger partial charge in [-0.15, -0.1) is 0 Å². The second-order valence-corrected chi connectivity index (χ2v) is 5.65. The highest BCUT2D eigenvalue weighted by atomic mass is 16.7. The fraction of sp³-hybridized carbons (Fsp3) is 0.588. The van der Waals surface area contributed by atoms with Crippen LogP contribution in [0.5, 0.6) is 17.2 Å². The van der Waals surface area contributed by atoms with E-state index in [-0.39, 0.29) is 6.03 Å². The second kappa shape index (κ2) is 8.26. The summed E-state index contributed by atoms with van der Waals surface area (Å²) in [4.78, 5) is 14.3. The van der Waals surface area contributed by atoms with Gasteiger partial charge in [0, 0.05) is 52.3 Å². The Morgan fingerprint density at radius 1 is 0.960 bits per heavy atom. The Morgan fingerprint density at radius 3 is 1.88 bits per heavy atom. The zero-order chi connectivity index (χ0) is 18.4. The number of nitrogens with zero attached hydrogens (tertiary/aromatic N) is 1. The van der Waals surface area contributed by atoms with Crippen molar-refractivity contribution < 1.29 is 28.5 Å². The summed E-state index contributed by atoms with van der Waals surface area (Å²) in [5.41, 5.74) is 0.565. The molecule has 0 spiro atoms. The van der Waals surface area contributed by atoms with Gasteiger partial charge in [0.2, 0.25) is 5.75 Å². The zero-order valence-electron chi connectivity index (χ0n) is 15.4. The lowest BCUT2D eigenvalue weighted by atomic mass is 10.0. The van der Waals surface area contributed by atoms with Crippen molar-refractivity contribution in [1.29, 1.82) is 0 Å². The average Bonchev–Trinajstić information content (AvgIpc) is 2.67. The number of nitrogens with one attached hydrogen (secondary N) is 1. The highest BCUT2D eigenvalue weighted by Crippen LogP contribution is 2.40. The molecule has 8 heteroatoms. The predicted molar refractivity (Wildman–Crippen MR) is 92.7 cm³/mol. The molecular formula is C17H26N2O6. The number of amides is 2. The molecule has 8 nitrogen and oxygen atoms in total. The lowest BCUT2D eigenvalue weighted by Gasteiger charge is -2.39. The van der Waals surface area contributed by atoms with E-state index < -0.39 is 5.79 Å². The SMILES string of the molecule is COc1cc(NC(=O)N2CCC(OC)(OC)CC2)cc(OC)c1OC. The van der Waals surface area contributed by atoms with Crippen LogP contribution in [0.2, 0.25) is 0 Å². The number of methoxy groups -OCH3 is 5. The first-order chi connectivity index (χ1) is 12.0. The van der Waals surface area contributed by atoms with E-state index in [1.807, 2.05) is 0 Å². The third kappa shape index (κ3) is 4.08. The summed E-state index contributed by atoms with van der Waals surface area (Å²) in [5.74, 6) is 0.830. The number of hydrogen-bond acceptors (Lipinski definition) is 6. The molecule has 2 rings (SSSR count). The summed E-state index contributed by atoms with van der Waals surface area (Å²) in [7, 11) is 7.83. The number of carbonyl (C=O) groups excluding carboxylic acids is 1. The second-order valence-electron chi connectivity index (χ2n) is 5.65. The van der Waals surface area contributed by atoms with Crippen LogP contribution in [0.15, 0.2) is 12.1 Å². The smallest absolute Gasteiger partial charge is 0.321 e. The van der Waals surface area contributed by atoms with Crippen LogP contribution in [0, 0.1) is 0 Å². The quantitative estimate of drug-likeness (QED) is 0.790. The van der Waals surface area contributed by atoms with Gasteiger partial charge in [-0.05, 0) is 0 Å². The molecule has 1 aromatic rings. The normalized spacial score (nSPS) is 16.3. The molecule has 0 aromatic heterocycles. The monoisotopic (exact) mass is 354 g/mol. The topological polar surface area (TPSA) is 78.5 Å². The molecule has 0 aliphatic carbocycles. The standard InChI is InChI=1S/C17H26N2O6/c1-21-13-10-12(11-14(22-2)15(13)23-3)18-16(20)19-8-6-17(24-4,25-5)7-9-19/h10-11H,6-9H2,1-5H3,(H,18,20). The predicted octanol–water partition coefficient (Wildman–Crippen LogP) is 2.33. The number of rotatable bonds is 6. The minimum absolute atomic E-state index is 0.199. The first kappa shape index (κ1) is 19.1. The number of piperidine rings is 1. The van der Waals surface area contributed by atoms with Crippen LogP contribution in [0.4, 0.5) is 10.5 Å². The first-order valence-corrected chi connectivity index (χ1v) is 7.98. The molecule has 0 saturated carbocycles. The van der Waals surface area contributed by atoms with Crippen molar-refractivity contribution in [3.8, 4) is 17.2 Å². The highest BCUT2D eigenvalue weighted by Gasteiger charge is 2.36. The van der Waals surface area contributed by atoms with Crippen LogP contribution in [-0.4, -0.2) is 65.4 Å². The summed E-state index contributed by atoms with van der Waals surface area (Å²) in [5, 5.41) is 2.87. The maximum Gasteiger partial charge on any atom is 0.321 e. The third-order valence-electron chi connectivity index (χ3n) is 4.47. The number of urea groups is 1.